The van der Waals surface area contributed by atoms with Gasteiger partial charge < -0.3 is 9.64 Å². The molecule has 1 unspecified atom stereocenters. The van der Waals surface area contributed by atoms with Crippen molar-refractivity contribution < 1.29 is 9.53 Å². The van der Waals surface area contributed by atoms with E-state index >= 15 is 0 Å². The minimum absolute atomic E-state index is 0.330. The highest BCUT2D eigenvalue weighted by Gasteiger charge is 2.21. The van der Waals surface area contributed by atoms with Crippen LogP contribution in [-0.4, -0.2) is 50.1 Å². The van der Waals surface area contributed by atoms with E-state index in [4.69, 9.17) is 4.74 Å². The highest BCUT2D eigenvalue weighted by molar-refractivity contribution is 9.10. The molecule has 18 heavy (non-hydrogen) atoms. The standard InChI is InChI=1S/C12H18BrN3O2/c1-16(2)7-6-14-11(12(17)18-3)10-5-4-9(13)8-15-10/h4-5,8,11,14H,6-7H2,1-3H3. The average molecular weight is 316 g/mol. The summed E-state index contributed by atoms with van der Waals surface area (Å²) in [5.41, 5.74) is 0.656. The zero-order chi connectivity index (χ0) is 13.5. The van der Waals surface area contributed by atoms with Gasteiger partial charge in [0.05, 0.1) is 12.8 Å². The number of nitrogens with one attached hydrogen (secondary N) is 1. The summed E-state index contributed by atoms with van der Waals surface area (Å²) in [5.74, 6) is -0.330. The smallest absolute Gasteiger partial charge is 0.329 e. The first-order valence-corrected chi connectivity index (χ1v) is 6.41. The third kappa shape index (κ3) is 4.72. The van der Waals surface area contributed by atoms with Crippen molar-refractivity contribution >= 4 is 21.9 Å². The Labute approximate surface area is 116 Å². The second kappa shape index (κ2) is 7.45. The average Bonchev–Trinajstić information content (AvgIpc) is 2.35. The molecule has 1 rings (SSSR count). The van der Waals surface area contributed by atoms with Crippen LogP contribution in [0.15, 0.2) is 22.8 Å². The number of halogens is 1. The molecule has 0 aliphatic rings. The molecule has 0 spiro atoms. The summed E-state index contributed by atoms with van der Waals surface area (Å²) < 4.78 is 5.67. The van der Waals surface area contributed by atoms with Crippen LogP contribution in [-0.2, 0) is 9.53 Å². The minimum atomic E-state index is -0.525. The normalized spacial score (nSPS) is 12.5. The second-order valence-electron chi connectivity index (χ2n) is 4.11. The Morgan fingerprint density at radius 1 is 1.56 bits per heavy atom. The van der Waals surface area contributed by atoms with Gasteiger partial charge >= 0.3 is 5.97 Å². The zero-order valence-electron chi connectivity index (χ0n) is 10.8. The number of esters is 1. The van der Waals surface area contributed by atoms with E-state index in [1.165, 1.54) is 7.11 Å². The Morgan fingerprint density at radius 3 is 2.78 bits per heavy atom. The highest BCUT2D eigenvalue weighted by atomic mass is 79.9. The summed E-state index contributed by atoms with van der Waals surface area (Å²) in [6, 6.07) is 3.13. The van der Waals surface area contributed by atoms with E-state index < -0.39 is 6.04 Å². The molecule has 0 aliphatic carbocycles. The first-order valence-electron chi connectivity index (χ1n) is 5.62. The number of pyridine rings is 1. The van der Waals surface area contributed by atoms with Gasteiger partial charge in [-0.05, 0) is 42.2 Å². The molecule has 6 heteroatoms. The van der Waals surface area contributed by atoms with E-state index in [1.807, 2.05) is 25.1 Å². The lowest BCUT2D eigenvalue weighted by molar-refractivity contribution is -0.143. The highest BCUT2D eigenvalue weighted by Crippen LogP contribution is 2.14. The maximum Gasteiger partial charge on any atom is 0.329 e. The molecule has 1 aromatic rings. The van der Waals surface area contributed by atoms with Crippen LogP contribution in [0.5, 0.6) is 0 Å². The summed E-state index contributed by atoms with van der Waals surface area (Å²) >= 11 is 3.31. The van der Waals surface area contributed by atoms with Gasteiger partial charge in [0, 0.05) is 23.8 Å². The molecule has 0 saturated heterocycles. The quantitative estimate of drug-likeness (QED) is 0.800. The Kier molecular flexibility index (Phi) is 6.24. The third-order valence-corrected chi connectivity index (χ3v) is 2.86. The number of likely N-dealkylation sites (N-methyl/N-ethyl adjacent to an activating group) is 1. The zero-order valence-corrected chi connectivity index (χ0v) is 12.4. The van der Waals surface area contributed by atoms with Gasteiger partial charge in [-0.25, -0.2) is 4.79 Å². The molecule has 1 N–H and O–H groups in total. The maximum absolute atomic E-state index is 11.7. The number of ether oxygens (including phenoxy) is 1. The van der Waals surface area contributed by atoms with E-state index in [0.717, 1.165) is 11.0 Å². The maximum atomic E-state index is 11.7. The van der Waals surface area contributed by atoms with E-state index in [9.17, 15) is 4.79 Å². The van der Waals surface area contributed by atoms with Crippen LogP contribution in [0.4, 0.5) is 0 Å². The van der Waals surface area contributed by atoms with Gasteiger partial charge in [-0.2, -0.15) is 0 Å². The molecule has 0 fully saturated rings. The Morgan fingerprint density at radius 2 is 2.28 bits per heavy atom. The van der Waals surface area contributed by atoms with Gasteiger partial charge in [-0.3, -0.25) is 10.3 Å². The number of carbonyl (C=O) groups is 1. The number of hydrogen-bond acceptors (Lipinski definition) is 5. The van der Waals surface area contributed by atoms with Gasteiger partial charge in [0.1, 0.15) is 6.04 Å². The summed E-state index contributed by atoms with van der Waals surface area (Å²) in [5, 5.41) is 3.14. The topological polar surface area (TPSA) is 54.5 Å². The van der Waals surface area contributed by atoms with Crippen LogP contribution >= 0.6 is 15.9 Å². The lowest BCUT2D eigenvalue weighted by atomic mass is 10.2. The molecular formula is C12H18BrN3O2. The van der Waals surface area contributed by atoms with Crippen LogP contribution < -0.4 is 5.32 Å². The van der Waals surface area contributed by atoms with E-state index in [-0.39, 0.29) is 5.97 Å². The van der Waals surface area contributed by atoms with Crippen molar-refractivity contribution in [3.8, 4) is 0 Å². The Hall–Kier alpha value is -0.980. The third-order valence-electron chi connectivity index (χ3n) is 2.39. The number of carbonyl (C=O) groups excluding carboxylic acids is 1. The van der Waals surface area contributed by atoms with Gasteiger partial charge in [-0.1, -0.05) is 0 Å². The van der Waals surface area contributed by atoms with Crippen molar-refractivity contribution in [2.24, 2.45) is 0 Å². The molecule has 0 aromatic carbocycles. The Bertz CT molecular complexity index is 381. The summed E-state index contributed by atoms with van der Waals surface area (Å²) in [6.07, 6.45) is 1.67. The fourth-order valence-electron chi connectivity index (χ4n) is 1.42. The van der Waals surface area contributed by atoms with Crippen molar-refractivity contribution in [3.05, 3.63) is 28.5 Å². The monoisotopic (exact) mass is 315 g/mol. The predicted molar refractivity (Wildman–Crippen MR) is 73.3 cm³/mol. The van der Waals surface area contributed by atoms with Crippen LogP contribution in [0, 0.1) is 0 Å². The predicted octanol–water partition coefficient (Wildman–Crippen LogP) is 1.21. The van der Waals surface area contributed by atoms with Crippen molar-refractivity contribution in [1.82, 2.24) is 15.2 Å². The van der Waals surface area contributed by atoms with Crippen LogP contribution in [0.3, 0.4) is 0 Å². The largest absolute Gasteiger partial charge is 0.468 e. The first kappa shape index (κ1) is 15.1. The molecule has 5 nitrogen and oxygen atoms in total. The summed E-state index contributed by atoms with van der Waals surface area (Å²) in [6.45, 7) is 1.52. The van der Waals surface area contributed by atoms with Gasteiger partial charge in [0.25, 0.3) is 0 Å². The lowest BCUT2D eigenvalue weighted by Gasteiger charge is -2.17. The number of aromatic nitrogens is 1. The van der Waals surface area contributed by atoms with Crippen LogP contribution in [0.25, 0.3) is 0 Å². The summed E-state index contributed by atoms with van der Waals surface area (Å²) in [4.78, 5) is 18.0. The van der Waals surface area contributed by atoms with Crippen LogP contribution in [0.2, 0.25) is 0 Å². The molecule has 0 amide bonds. The number of hydrogen-bond donors (Lipinski definition) is 1. The number of nitrogens with zero attached hydrogens (tertiary/aromatic N) is 2. The second-order valence-corrected chi connectivity index (χ2v) is 5.03. The molecule has 1 heterocycles. The van der Waals surface area contributed by atoms with Gasteiger partial charge in [0.15, 0.2) is 0 Å². The SMILES string of the molecule is COC(=O)C(NCCN(C)C)c1ccc(Br)cn1. The number of methoxy groups -OCH3 is 1. The molecule has 1 atom stereocenters. The molecule has 0 saturated carbocycles. The van der Waals surface area contributed by atoms with Gasteiger partial charge in [-0.15, -0.1) is 0 Å². The Balaban J connectivity index is 2.72. The van der Waals surface area contributed by atoms with Crippen molar-refractivity contribution in [2.75, 3.05) is 34.3 Å². The van der Waals surface area contributed by atoms with E-state index in [1.54, 1.807) is 12.3 Å². The lowest BCUT2D eigenvalue weighted by Crippen LogP contribution is -2.35. The van der Waals surface area contributed by atoms with Crippen LogP contribution in [0.1, 0.15) is 11.7 Å². The fraction of sp³-hybridized carbons (Fsp3) is 0.500. The van der Waals surface area contributed by atoms with Crippen molar-refractivity contribution in [3.63, 3.8) is 0 Å². The number of rotatable bonds is 6. The first-order chi connectivity index (χ1) is 8.54. The molecular weight excluding hydrogens is 298 g/mol. The van der Waals surface area contributed by atoms with Gasteiger partial charge in [0.2, 0.25) is 0 Å². The van der Waals surface area contributed by atoms with E-state index in [2.05, 4.69) is 26.2 Å². The summed E-state index contributed by atoms with van der Waals surface area (Å²) in [7, 11) is 5.33. The molecule has 0 bridgehead atoms. The molecule has 0 aliphatic heterocycles. The molecule has 1 aromatic heterocycles. The molecule has 0 radical (unpaired) electrons. The molecule has 100 valence electrons. The van der Waals surface area contributed by atoms with Crippen molar-refractivity contribution in [1.29, 1.82) is 0 Å². The minimum Gasteiger partial charge on any atom is -0.468 e. The van der Waals surface area contributed by atoms with E-state index in [0.29, 0.717) is 12.2 Å². The fourth-order valence-corrected chi connectivity index (χ4v) is 1.65. The van der Waals surface area contributed by atoms with Crippen molar-refractivity contribution in [2.45, 2.75) is 6.04 Å².